The summed E-state index contributed by atoms with van der Waals surface area (Å²) in [5.74, 6) is -2.71. The van der Waals surface area contributed by atoms with Crippen molar-refractivity contribution in [3.8, 4) is 0 Å². The molecule has 2 fully saturated rings. The number of likely N-dealkylation sites (tertiary alicyclic amines) is 1. The number of nitrogens with zero attached hydrogens (tertiary/aromatic N) is 1. The molecule has 0 unspecified atom stereocenters. The summed E-state index contributed by atoms with van der Waals surface area (Å²) in [5, 5.41) is 10.3. The van der Waals surface area contributed by atoms with Crippen molar-refractivity contribution in [1.82, 2.24) is 4.90 Å². The van der Waals surface area contributed by atoms with Crippen molar-refractivity contribution in [3.63, 3.8) is 0 Å². The quantitative estimate of drug-likeness (QED) is 0.847. The maximum atomic E-state index is 12.8. The number of aliphatic carboxylic acids is 1. The van der Waals surface area contributed by atoms with E-state index in [-0.39, 0.29) is 12.5 Å². The molecular weight excluding hydrogens is 341 g/mol. The lowest BCUT2D eigenvalue weighted by Crippen LogP contribution is -2.39. The third-order valence-corrected chi connectivity index (χ3v) is 5.71. The van der Waals surface area contributed by atoms with Gasteiger partial charge < -0.3 is 14.7 Å². The van der Waals surface area contributed by atoms with Crippen molar-refractivity contribution in [3.05, 3.63) is 46.0 Å². The van der Waals surface area contributed by atoms with E-state index >= 15 is 0 Å². The van der Waals surface area contributed by atoms with Crippen LogP contribution in [-0.4, -0.2) is 40.1 Å². The third-order valence-electron chi connectivity index (χ3n) is 4.86. The molecule has 2 bridgehead atoms. The van der Waals surface area contributed by atoms with Gasteiger partial charge in [0, 0.05) is 6.54 Å². The van der Waals surface area contributed by atoms with Crippen LogP contribution in [0.4, 0.5) is 0 Å². The standard InChI is InChI=1S/C16H13Cl2NO4/c17-9-3-1-2-8(13(9)18)6-19-7-16-5-4-10(23-16)11(15(21)22)12(16)14(19)20/h1-5,10-12H,6-7H2,(H,21,22)/t10-,11-,12+,16-/m0/s1. The smallest absolute Gasteiger partial charge is 0.310 e. The fourth-order valence-electron chi connectivity index (χ4n) is 3.87. The number of carboxylic acids is 1. The summed E-state index contributed by atoms with van der Waals surface area (Å²) in [6.45, 7) is 0.612. The van der Waals surface area contributed by atoms with Gasteiger partial charge in [0.25, 0.3) is 0 Å². The molecule has 120 valence electrons. The Morgan fingerprint density at radius 3 is 2.96 bits per heavy atom. The van der Waals surface area contributed by atoms with Gasteiger partial charge in [-0.15, -0.1) is 0 Å². The number of ether oxygens (including phenoxy) is 1. The highest BCUT2D eigenvalue weighted by Gasteiger charge is 2.67. The second-order valence-corrected chi connectivity index (χ2v) is 6.93. The molecule has 7 heteroatoms. The van der Waals surface area contributed by atoms with Crippen molar-refractivity contribution >= 4 is 35.1 Å². The predicted molar refractivity (Wildman–Crippen MR) is 83.2 cm³/mol. The molecule has 1 aromatic carbocycles. The Kier molecular flexibility index (Phi) is 3.24. The molecule has 3 aliphatic rings. The lowest BCUT2D eigenvalue weighted by molar-refractivity contribution is -0.148. The van der Waals surface area contributed by atoms with Gasteiger partial charge in [-0.05, 0) is 11.6 Å². The zero-order valence-electron chi connectivity index (χ0n) is 11.9. The van der Waals surface area contributed by atoms with Crippen LogP contribution in [0.5, 0.6) is 0 Å². The molecule has 4 rings (SSSR count). The van der Waals surface area contributed by atoms with Gasteiger partial charge in [0.2, 0.25) is 5.91 Å². The maximum absolute atomic E-state index is 12.8. The number of carbonyl (C=O) groups excluding carboxylic acids is 1. The summed E-state index contributed by atoms with van der Waals surface area (Å²) in [6.07, 6.45) is 3.07. The first-order valence-electron chi connectivity index (χ1n) is 7.24. The van der Waals surface area contributed by atoms with E-state index < -0.39 is 29.5 Å². The van der Waals surface area contributed by atoms with Crippen LogP contribution in [0.25, 0.3) is 0 Å². The second kappa shape index (κ2) is 4.97. The van der Waals surface area contributed by atoms with Crippen molar-refractivity contribution in [2.45, 2.75) is 18.2 Å². The Bertz CT molecular complexity index is 750. The van der Waals surface area contributed by atoms with Crippen molar-refractivity contribution < 1.29 is 19.4 Å². The molecule has 3 aliphatic heterocycles. The average molecular weight is 354 g/mol. The number of fused-ring (bicyclic) bond motifs is 1. The Hall–Kier alpha value is -1.56. The number of benzene rings is 1. The summed E-state index contributed by atoms with van der Waals surface area (Å²) >= 11 is 12.2. The summed E-state index contributed by atoms with van der Waals surface area (Å²) in [5.41, 5.74) is -0.0927. The fraction of sp³-hybridized carbons (Fsp3) is 0.375. The zero-order chi connectivity index (χ0) is 16.4. The molecule has 1 N–H and O–H groups in total. The van der Waals surface area contributed by atoms with Gasteiger partial charge in [0.1, 0.15) is 11.5 Å². The van der Waals surface area contributed by atoms with Crippen LogP contribution >= 0.6 is 23.2 Å². The van der Waals surface area contributed by atoms with Crippen molar-refractivity contribution in [2.75, 3.05) is 6.54 Å². The molecule has 23 heavy (non-hydrogen) atoms. The number of hydrogen-bond donors (Lipinski definition) is 1. The average Bonchev–Trinajstić information content (AvgIpc) is 3.13. The Morgan fingerprint density at radius 1 is 1.43 bits per heavy atom. The van der Waals surface area contributed by atoms with Crippen LogP contribution < -0.4 is 0 Å². The number of rotatable bonds is 3. The van der Waals surface area contributed by atoms with E-state index in [1.54, 1.807) is 29.2 Å². The van der Waals surface area contributed by atoms with Gasteiger partial charge in [-0.1, -0.05) is 47.5 Å². The minimum atomic E-state index is -0.998. The lowest BCUT2D eigenvalue weighted by atomic mass is 9.77. The largest absolute Gasteiger partial charge is 0.481 e. The number of hydrogen-bond acceptors (Lipinski definition) is 3. The lowest BCUT2D eigenvalue weighted by Gasteiger charge is -2.21. The number of carboxylic acid groups (broad SMARTS) is 1. The molecule has 2 saturated heterocycles. The highest BCUT2D eigenvalue weighted by atomic mass is 35.5. The van der Waals surface area contributed by atoms with Crippen LogP contribution in [0.1, 0.15) is 5.56 Å². The normalized spacial score (nSPS) is 34.3. The summed E-state index contributed by atoms with van der Waals surface area (Å²) in [6, 6.07) is 5.25. The highest BCUT2D eigenvalue weighted by molar-refractivity contribution is 6.42. The van der Waals surface area contributed by atoms with Crippen molar-refractivity contribution in [1.29, 1.82) is 0 Å². The zero-order valence-corrected chi connectivity index (χ0v) is 13.4. The predicted octanol–water partition coefficient (Wildman–Crippen LogP) is 2.36. The second-order valence-electron chi connectivity index (χ2n) is 6.15. The van der Waals surface area contributed by atoms with E-state index in [2.05, 4.69) is 0 Å². The van der Waals surface area contributed by atoms with Gasteiger partial charge in [-0.2, -0.15) is 0 Å². The number of carbonyl (C=O) groups is 2. The molecule has 3 heterocycles. The monoisotopic (exact) mass is 353 g/mol. The summed E-state index contributed by atoms with van der Waals surface area (Å²) < 4.78 is 5.84. The Balaban J connectivity index is 1.64. The van der Waals surface area contributed by atoms with Gasteiger partial charge in [-0.25, -0.2) is 0 Å². The summed E-state index contributed by atoms with van der Waals surface area (Å²) in [4.78, 5) is 25.9. The van der Waals surface area contributed by atoms with Crippen LogP contribution in [0.15, 0.2) is 30.4 Å². The third kappa shape index (κ3) is 2.04. The van der Waals surface area contributed by atoms with E-state index in [9.17, 15) is 14.7 Å². The SMILES string of the molecule is O=C(O)[C@H]1[C@@H]2C=C[C@@]3(CN(Cc4cccc(Cl)c4Cl)C(=O)[C@@H]13)O2. The molecule has 0 aliphatic carbocycles. The van der Waals surface area contributed by atoms with Gasteiger partial charge in [0.15, 0.2) is 0 Å². The highest BCUT2D eigenvalue weighted by Crippen LogP contribution is 2.52. The van der Waals surface area contributed by atoms with Crippen LogP contribution in [-0.2, 0) is 20.9 Å². The van der Waals surface area contributed by atoms with Gasteiger partial charge in [-0.3, -0.25) is 9.59 Å². The summed E-state index contributed by atoms with van der Waals surface area (Å²) in [7, 11) is 0. The maximum Gasteiger partial charge on any atom is 0.310 e. The molecule has 0 radical (unpaired) electrons. The van der Waals surface area contributed by atoms with E-state index in [1.807, 2.05) is 6.08 Å². The minimum Gasteiger partial charge on any atom is -0.481 e. The molecular formula is C16H13Cl2NO4. The van der Waals surface area contributed by atoms with Crippen LogP contribution in [0.2, 0.25) is 10.0 Å². The molecule has 0 saturated carbocycles. The van der Waals surface area contributed by atoms with E-state index in [0.717, 1.165) is 5.56 Å². The molecule has 0 aromatic heterocycles. The molecule has 1 spiro atoms. The van der Waals surface area contributed by atoms with Gasteiger partial charge in [0.05, 0.1) is 28.6 Å². The fourth-order valence-corrected chi connectivity index (χ4v) is 4.25. The first kappa shape index (κ1) is 15.0. The topological polar surface area (TPSA) is 66.8 Å². The van der Waals surface area contributed by atoms with Crippen LogP contribution in [0.3, 0.4) is 0 Å². The molecule has 1 aromatic rings. The molecule has 1 amide bonds. The van der Waals surface area contributed by atoms with E-state index in [0.29, 0.717) is 16.6 Å². The van der Waals surface area contributed by atoms with Crippen molar-refractivity contribution in [2.24, 2.45) is 11.8 Å². The first-order valence-corrected chi connectivity index (χ1v) is 8.00. The minimum absolute atomic E-state index is 0.208. The number of amides is 1. The van der Waals surface area contributed by atoms with E-state index in [4.69, 9.17) is 27.9 Å². The van der Waals surface area contributed by atoms with Crippen LogP contribution in [0, 0.1) is 11.8 Å². The molecule has 4 atom stereocenters. The number of halogens is 2. The van der Waals surface area contributed by atoms with Gasteiger partial charge >= 0.3 is 5.97 Å². The Labute approximate surface area is 142 Å². The molecule has 5 nitrogen and oxygen atoms in total. The Morgan fingerprint density at radius 2 is 2.22 bits per heavy atom. The first-order chi connectivity index (χ1) is 10.9. The van der Waals surface area contributed by atoms with E-state index in [1.165, 1.54) is 0 Å².